The van der Waals surface area contributed by atoms with Gasteiger partial charge in [-0.3, -0.25) is 4.90 Å². The second-order valence-electron chi connectivity index (χ2n) is 5.29. The highest BCUT2D eigenvalue weighted by Gasteiger charge is 2.53. The predicted octanol–water partition coefficient (Wildman–Crippen LogP) is 1.06. The van der Waals surface area contributed by atoms with E-state index >= 15 is 0 Å². The van der Waals surface area contributed by atoms with Crippen LogP contribution < -0.4 is 5.73 Å². The summed E-state index contributed by atoms with van der Waals surface area (Å²) in [6, 6.07) is 0.676. The Bertz CT molecular complexity index is 183. The van der Waals surface area contributed by atoms with E-state index in [1.54, 1.807) is 0 Å². The van der Waals surface area contributed by atoms with Crippen LogP contribution in [0.25, 0.3) is 0 Å². The molecule has 0 spiro atoms. The Labute approximate surface area is 75.1 Å². The molecule has 12 heavy (non-hydrogen) atoms. The summed E-state index contributed by atoms with van der Waals surface area (Å²) in [5.41, 5.74) is 6.11. The molecule has 1 aliphatic carbocycles. The summed E-state index contributed by atoms with van der Waals surface area (Å²) >= 11 is 0. The van der Waals surface area contributed by atoms with Crippen molar-refractivity contribution in [3.63, 3.8) is 0 Å². The fourth-order valence-corrected chi connectivity index (χ4v) is 2.64. The van der Waals surface area contributed by atoms with Crippen molar-refractivity contribution in [2.75, 3.05) is 13.1 Å². The predicted molar refractivity (Wildman–Crippen MR) is 50.9 cm³/mol. The van der Waals surface area contributed by atoms with E-state index in [0.29, 0.717) is 11.6 Å². The summed E-state index contributed by atoms with van der Waals surface area (Å²) in [6.45, 7) is 9.01. The molecular formula is C10H20N2. The lowest BCUT2D eigenvalue weighted by molar-refractivity contribution is 0.103. The van der Waals surface area contributed by atoms with Gasteiger partial charge < -0.3 is 5.73 Å². The molecule has 0 amide bonds. The van der Waals surface area contributed by atoms with E-state index in [2.05, 4.69) is 25.7 Å². The van der Waals surface area contributed by atoms with Gasteiger partial charge in [0.15, 0.2) is 0 Å². The molecule has 3 atom stereocenters. The van der Waals surface area contributed by atoms with Gasteiger partial charge in [0.25, 0.3) is 0 Å². The van der Waals surface area contributed by atoms with Crippen LogP contribution in [-0.2, 0) is 0 Å². The van der Waals surface area contributed by atoms with Crippen LogP contribution in [0.3, 0.4) is 0 Å². The molecule has 0 aromatic carbocycles. The monoisotopic (exact) mass is 168 g/mol. The topological polar surface area (TPSA) is 29.3 Å². The first kappa shape index (κ1) is 8.52. The molecule has 2 heteroatoms. The molecule has 2 rings (SSSR count). The normalized spacial score (nSPS) is 41.5. The van der Waals surface area contributed by atoms with Crippen molar-refractivity contribution in [2.45, 2.75) is 38.8 Å². The molecule has 0 aromatic rings. The van der Waals surface area contributed by atoms with Crippen molar-refractivity contribution < 1.29 is 0 Å². The molecule has 3 unspecified atom stereocenters. The minimum atomic E-state index is 0.317. The van der Waals surface area contributed by atoms with Crippen LogP contribution in [0.15, 0.2) is 0 Å². The van der Waals surface area contributed by atoms with Gasteiger partial charge in [0.2, 0.25) is 0 Å². The first-order valence-corrected chi connectivity index (χ1v) is 5.01. The van der Waals surface area contributed by atoms with E-state index in [1.807, 2.05) is 0 Å². The third-order valence-electron chi connectivity index (χ3n) is 3.41. The fraction of sp³-hybridized carbons (Fsp3) is 1.00. The van der Waals surface area contributed by atoms with E-state index in [1.165, 1.54) is 13.0 Å². The van der Waals surface area contributed by atoms with E-state index in [9.17, 15) is 0 Å². The number of nitrogens with zero attached hydrogens (tertiary/aromatic N) is 1. The zero-order valence-electron chi connectivity index (χ0n) is 8.38. The molecule has 1 saturated carbocycles. The van der Waals surface area contributed by atoms with Crippen molar-refractivity contribution in [3.8, 4) is 0 Å². The van der Waals surface area contributed by atoms with Crippen molar-refractivity contribution in [1.82, 2.24) is 4.90 Å². The second-order valence-corrected chi connectivity index (χ2v) is 5.29. The van der Waals surface area contributed by atoms with Gasteiger partial charge >= 0.3 is 0 Å². The van der Waals surface area contributed by atoms with Gasteiger partial charge in [0, 0.05) is 24.7 Å². The van der Waals surface area contributed by atoms with Crippen LogP contribution in [0.1, 0.15) is 27.2 Å². The SMILES string of the molecule is CC(C)(C)N1CC2CC2C1CN. The van der Waals surface area contributed by atoms with Gasteiger partial charge in [-0.25, -0.2) is 0 Å². The second kappa shape index (κ2) is 2.46. The summed E-state index contributed by atoms with van der Waals surface area (Å²) in [5.74, 6) is 1.92. The molecule has 0 aromatic heterocycles. The van der Waals surface area contributed by atoms with Gasteiger partial charge in [0.1, 0.15) is 0 Å². The third kappa shape index (κ3) is 1.17. The zero-order chi connectivity index (χ0) is 8.93. The molecule has 0 bridgehead atoms. The lowest BCUT2D eigenvalue weighted by Crippen LogP contribution is -2.49. The van der Waals surface area contributed by atoms with Crippen LogP contribution >= 0.6 is 0 Å². The summed E-state index contributed by atoms with van der Waals surface area (Å²) in [7, 11) is 0. The molecule has 1 aliphatic heterocycles. The zero-order valence-corrected chi connectivity index (χ0v) is 8.38. The average molecular weight is 168 g/mol. The standard InChI is InChI=1S/C10H20N2/c1-10(2,3)12-6-7-4-8(7)9(12)5-11/h7-9H,4-6,11H2,1-3H3. The van der Waals surface area contributed by atoms with E-state index < -0.39 is 0 Å². The molecule has 2 N–H and O–H groups in total. The lowest BCUT2D eigenvalue weighted by Gasteiger charge is -2.38. The molecule has 0 radical (unpaired) electrons. The number of rotatable bonds is 1. The first-order valence-electron chi connectivity index (χ1n) is 5.01. The minimum absolute atomic E-state index is 0.317. The maximum Gasteiger partial charge on any atom is 0.0255 e. The molecule has 2 nitrogen and oxygen atoms in total. The van der Waals surface area contributed by atoms with Crippen molar-refractivity contribution in [3.05, 3.63) is 0 Å². The number of fused-ring (bicyclic) bond motifs is 1. The van der Waals surface area contributed by atoms with Crippen molar-refractivity contribution in [2.24, 2.45) is 17.6 Å². The Hall–Kier alpha value is -0.0800. The summed E-state index contributed by atoms with van der Waals surface area (Å²) in [4.78, 5) is 2.59. The Morgan fingerprint density at radius 3 is 2.50 bits per heavy atom. The Balaban J connectivity index is 2.08. The maximum absolute atomic E-state index is 5.80. The van der Waals surface area contributed by atoms with Crippen LogP contribution in [0.4, 0.5) is 0 Å². The van der Waals surface area contributed by atoms with Gasteiger partial charge in [-0.15, -0.1) is 0 Å². The fourth-order valence-electron chi connectivity index (χ4n) is 2.64. The summed E-state index contributed by atoms with van der Waals surface area (Å²) < 4.78 is 0. The van der Waals surface area contributed by atoms with Crippen LogP contribution in [0.2, 0.25) is 0 Å². The van der Waals surface area contributed by atoms with Crippen molar-refractivity contribution >= 4 is 0 Å². The quantitative estimate of drug-likeness (QED) is 0.634. The largest absolute Gasteiger partial charge is 0.329 e. The lowest BCUT2D eigenvalue weighted by atomic mass is 10.0. The third-order valence-corrected chi connectivity index (χ3v) is 3.41. The Kier molecular flexibility index (Phi) is 1.74. The van der Waals surface area contributed by atoms with Crippen molar-refractivity contribution in [1.29, 1.82) is 0 Å². The van der Waals surface area contributed by atoms with Gasteiger partial charge in [-0.05, 0) is 39.0 Å². The van der Waals surface area contributed by atoms with Gasteiger partial charge in [-0.2, -0.15) is 0 Å². The number of nitrogens with two attached hydrogens (primary N) is 1. The van der Waals surface area contributed by atoms with Crippen LogP contribution in [0, 0.1) is 11.8 Å². The summed E-state index contributed by atoms with van der Waals surface area (Å²) in [5, 5.41) is 0. The maximum atomic E-state index is 5.80. The highest BCUT2D eigenvalue weighted by atomic mass is 15.3. The number of hydrogen-bond donors (Lipinski definition) is 1. The van der Waals surface area contributed by atoms with Crippen LogP contribution in [-0.4, -0.2) is 29.6 Å². The molecule has 70 valence electrons. The Morgan fingerprint density at radius 1 is 1.42 bits per heavy atom. The highest BCUT2D eigenvalue weighted by molar-refractivity contribution is 5.07. The van der Waals surface area contributed by atoms with E-state index in [0.717, 1.165) is 18.4 Å². The molecule has 2 fully saturated rings. The highest BCUT2D eigenvalue weighted by Crippen LogP contribution is 2.51. The smallest absolute Gasteiger partial charge is 0.0255 e. The van der Waals surface area contributed by atoms with E-state index in [4.69, 9.17) is 5.73 Å². The van der Waals surface area contributed by atoms with E-state index in [-0.39, 0.29) is 0 Å². The minimum Gasteiger partial charge on any atom is -0.329 e. The molecular weight excluding hydrogens is 148 g/mol. The average Bonchev–Trinajstić information content (AvgIpc) is 2.61. The molecule has 1 saturated heterocycles. The number of hydrogen-bond acceptors (Lipinski definition) is 2. The molecule has 1 heterocycles. The molecule has 2 aliphatic rings. The van der Waals surface area contributed by atoms with Gasteiger partial charge in [-0.1, -0.05) is 0 Å². The number of piperidine rings is 1. The van der Waals surface area contributed by atoms with Crippen LogP contribution in [0.5, 0.6) is 0 Å². The van der Waals surface area contributed by atoms with Gasteiger partial charge in [0.05, 0.1) is 0 Å². The Morgan fingerprint density at radius 2 is 2.08 bits per heavy atom. The summed E-state index contributed by atoms with van der Waals surface area (Å²) in [6.07, 6.45) is 1.44. The number of likely N-dealkylation sites (tertiary alicyclic amines) is 1. The first-order chi connectivity index (χ1) is 5.54.